The van der Waals surface area contributed by atoms with Crippen molar-refractivity contribution in [3.05, 3.63) is 34.3 Å². The highest BCUT2D eigenvalue weighted by Gasteiger charge is 2.00. The molecule has 0 atom stereocenters. The molecule has 0 saturated carbocycles. The third-order valence-electron chi connectivity index (χ3n) is 1.35. The summed E-state index contributed by atoms with van der Waals surface area (Å²) in [7, 11) is 0. The molecule has 5 heteroatoms. The Morgan fingerprint density at radius 1 is 1.23 bits per heavy atom. The smallest absolute Gasteiger partial charge is 0.176 e. The van der Waals surface area contributed by atoms with Gasteiger partial charge in [-0.15, -0.1) is 24.8 Å². The first kappa shape index (κ1) is 15.4. The molecule has 1 aromatic rings. The first-order valence-corrected chi connectivity index (χ1v) is 4.02. The summed E-state index contributed by atoms with van der Waals surface area (Å²) in [5, 5.41) is 0. The van der Waals surface area contributed by atoms with Crippen molar-refractivity contribution in [1.82, 2.24) is 0 Å². The molecule has 0 saturated heterocycles. The molecule has 13 heavy (non-hydrogen) atoms. The summed E-state index contributed by atoms with van der Waals surface area (Å²) in [6.07, 6.45) is 0. The Bertz CT molecular complexity index is 263. The average Bonchev–Trinajstić information content (AvgIpc) is 2.05. The number of halogens is 3. The average molecular weight is 287 g/mol. The van der Waals surface area contributed by atoms with Gasteiger partial charge in [-0.05, 0) is 12.1 Å². The molecule has 0 aliphatic heterocycles. The Kier molecular flexibility index (Phi) is 8.67. The summed E-state index contributed by atoms with van der Waals surface area (Å²) in [4.78, 5) is 11.0. The normalized spacial score (nSPS) is 8.15. The van der Waals surface area contributed by atoms with Crippen LogP contribution in [0.2, 0.25) is 0 Å². The monoisotopic (exact) mass is 285 g/mol. The van der Waals surface area contributed by atoms with E-state index in [2.05, 4.69) is 15.9 Å². The maximum atomic E-state index is 11.0. The minimum absolute atomic E-state index is 0. The van der Waals surface area contributed by atoms with Crippen LogP contribution < -0.4 is 5.73 Å². The lowest BCUT2D eigenvalue weighted by Gasteiger charge is -1.96. The van der Waals surface area contributed by atoms with Gasteiger partial charge in [0.2, 0.25) is 0 Å². The summed E-state index contributed by atoms with van der Waals surface area (Å²) in [6, 6.07) is 7.14. The molecule has 0 heterocycles. The molecule has 0 aromatic heterocycles. The van der Waals surface area contributed by atoms with Gasteiger partial charge >= 0.3 is 0 Å². The fourth-order valence-corrected chi connectivity index (χ4v) is 1.02. The van der Waals surface area contributed by atoms with Crippen LogP contribution in [0.1, 0.15) is 10.4 Å². The number of ketones is 1. The molecule has 0 spiro atoms. The molecule has 1 aromatic carbocycles. The molecule has 1 rings (SSSR count). The summed E-state index contributed by atoms with van der Waals surface area (Å²) >= 11 is 3.27. The van der Waals surface area contributed by atoms with Gasteiger partial charge in [-0.1, -0.05) is 28.1 Å². The zero-order chi connectivity index (χ0) is 8.27. The molecule has 0 amide bonds. The van der Waals surface area contributed by atoms with E-state index in [1.807, 2.05) is 12.1 Å². The lowest BCUT2D eigenvalue weighted by Crippen LogP contribution is -2.13. The molecule has 0 unspecified atom stereocenters. The number of hydrogen-bond donors (Lipinski definition) is 1. The van der Waals surface area contributed by atoms with Crippen LogP contribution >= 0.6 is 40.7 Å². The zero-order valence-electron chi connectivity index (χ0n) is 6.70. The first-order chi connectivity index (χ1) is 5.24. The minimum Gasteiger partial charge on any atom is -0.324 e. The highest BCUT2D eigenvalue weighted by atomic mass is 79.9. The Labute approximate surface area is 97.8 Å². The van der Waals surface area contributed by atoms with Crippen molar-refractivity contribution < 1.29 is 4.79 Å². The Morgan fingerprint density at radius 2 is 1.69 bits per heavy atom. The molecule has 0 fully saturated rings. The van der Waals surface area contributed by atoms with E-state index in [0.29, 0.717) is 5.56 Å². The summed E-state index contributed by atoms with van der Waals surface area (Å²) in [5.41, 5.74) is 5.84. The fraction of sp³-hybridized carbons (Fsp3) is 0.125. The number of nitrogens with two attached hydrogens (primary N) is 1. The first-order valence-electron chi connectivity index (χ1n) is 3.23. The number of rotatable bonds is 2. The Morgan fingerprint density at radius 3 is 2.08 bits per heavy atom. The van der Waals surface area contributed by atoms with E-state index in [-0.39, 0.29) is 37.1 Å². The van der Waals surface area contributed by atoms with E-state index >= 15 is 0 Å². The predicted molar refractivity (Wildman–Crippen MR) is 62.0 cm³/mol. The van der Waals surface area contributed by atoms with E-state index < -0.39 is 0 Å². The van der Waals surface area contributed by atoms with Crippen LogP contribution in [-0.4, -0.2) is 12.3 Å². The topological polar surface area (TPSA) is 43.1 Å². The van der Waals surface area contributed by atoms with Crippen LogP contribution in [0.4, 0.5) is 0 Å². The second kappa shape index (κ2) is 7.33. The van der Waals surface area contributed by atoms with Gasteiger partial charge in [0.15, 0.2) is 5.78 Å². The zero-order valence-corrected chi connectivity index (χ0v) is 9.92. The van der Waals surface area contributed by atoms with Crippen molar-refractivity contribution >= 4 is 46.5 Å². The highest BCUT2D eigenvalue weighted by Crippen LogP contribution is 2.10. The van der Waals surface area contributed by atoms with E-state index in [0.717, 1.165) is 4.47 Å². The second-order valence-corrected chi connectivity index (χ2v) is 3.05. The summed E-state index contributed by atoms with van der Waals surface area (Å²) < 4.78 is 0.964. The van der Waals surface area contributed by atoms with Gasteiger partial charge in [-0.3, -0.25) is 4.79 Å². The number of carbonyl (C=O) groups excluding carboxylic acids is 1. The van der Waals surface area contributed by atoms with Gasteiger partial charge < -0.3 is 5.73 Å². The third kappa shape index (κ3) is 4.62. The third-order valence-corrected chi connectivity index (χ3v) is 1.88. The number of Topliss-reactive ketones (excluding diaryl/α,β-unsaturated/α-hetero) is 1. The summed E-state index contributed by atoms with van der Waals surface area (Å²) in [6.45, 7) is 0.0711. The van der Waals surface area contributed by atoms with E-state index in [4.69, 9.17) is 5.73 Å². The van der Waals surface area contributed by atoms with Gasteiger partial charge in [-0.25, -0.2) is 0 Å². The van der Waals surface area contributed by atoms with Crippen LogP contribution in [0.3, 0.4) is 0 Å². The Balaban J connectivity index is 0. The maximum Gasteiger partial charge on any atom is 0.176 e. The SMILES string of the molecule is Cl.Cl.NCC(=O)c1ccc(Br)cc1. The van der Waals surface area contributed by atoms with Crippen molar-refractivity contribution in [3.8, 4) is 0 Å². The lowest BCUT2D eigenvalue weighted by molar-refractivity contribution is 0.100. The fourth-order valence-electron chi connectivity index (χ4n) is 0.754. The largest absolute Gasteiger partial charge is 0.324 e. The van der Waals surface area contributed by atoms with Crippen molar-refractivity contribution in [3.63, 3.8) is 0 Å². The highest BCUT2D eigenvalue weighted by molar-refractivity contribution is 9.10. The van der Waals surface area contributed by atoms with Gasteiger partial charge in [0, 0.05) is 10.0 Å². The maximum absolute atomic E-state index is 11.0. The molecule has 0 aliphatic carbocycles. The number of benzene rings is 1. The minimum atomic E-state index is -0.0301. The van der Waals surface area contributed by atoms with Gasteiger partial charge in [0.1, 0.15) is 0 Å². The predicted octanol–water partition coefficient (Wildman–Crippen LogP) is 2.43. The molecule has 0 aliphatic rings. The molecule has 0 bridgehead atoms. The van der Waals surface area contributed by atoms with Crippen molar-refractivity contribution in [2.24, 2.45) is 5.73 Å². The molecular weight excluding hydrogens is 277 g/mol. The second-order valence-electron chi connectivity index (χ2n) is 2.13. The van der Waals surface area contributed by atoms with Crippen molar-refractivity contribution in [1.29, 1.82) is 0 Å². The number of hydrogen-bond acceptors (Lipinski definition) is 2. The Hall–Kier alpha value is -0.0900. The van der Waals surface area contributed by atoms with E-state index in [1.54, 1.807) is 12.1 Å². The quantitative estimate of drug-likeness (QED) is 0.849. The summed E-state index contributed by atoms with van der Waals surface area (Å²) in [5.74, 6) is -0.0301. The molecular formula is C8H10BrCl2NO. The van der Waals surface area contributed by atoms with Gasteiger partial charge in [-0.2, -0.15) is 0 Å². The van der Waals surface area contributed by atoms with Gasteiger partial charge in [0.25, 0.3) is 0 Å². The van der Waals surface area contributed by atoms with Crippen LogP contribution in [0.5, 0.6) is 0 Å². The van der Waals surface area contributed by atoms with Gasteiger partial charge in [0.05, 0.1) is 6.54 Å². The van der Waals surface area contributed by atoms with Crippen molar-refractivity contribution in [2.45, 2.75) is 0 Å². The van der Waals surface area contributed by atoms with Crippen LogP contribution in [0.25, 0.3) is 0 Å². The lowest BCUT2D eigenvalue weighted by atomic mass is 10.1. The molecule has 74 valence electrons. The standard InChI is InChI=1S/C8H8BrNO.2ClH/c9-7-3-1-6(2-4-7)8(11)5-10;;/h1-4H,5,10H2;2*1H. The molecule has 2 nitrogen and oxygen atoms in total. The van der Waals surface area contributed by atoms with Crippen LogP contribution in [0, 0.1) is 0 Å². The van der Waals surface area contributed by atoms with E-state index in [9.17, 15) is 4.79 Å². The van der Waals surface area contributed by atoms with E-state index in [1.165, 1.54) is 0 Å². The molecule has 2 N–H and O–H groups in total. The van der Waals surface area contributed by atoms with Crippen molar-refractivity contribution in [2.75, 3.05) is 6.54 Å². The molecule has 0 radical (unpaired) electrons. The van der Waals surface area contributed by atoms with Crippen LogP contribution in [0.15, 0.2) is 28.7 Å². The number of carbonyl (C=O) groups is 1. The van der Waals surface area contributed by atoms with Crippen LogP contribution in [-0.2, 0) is 0 Å².